The Morgan fingerprint density at radius 3 is 2.67 bits per heavy atom. The molecule has 4 aromatic rings. The molecule has 0 saturated heterocycles. The van der Waals surface area contributed by atoms with Crippen LogP contribution in [0, 0.1) is 0 Å². The highest BCUT2D eigenvalue weighted by Crippen LogP contribution is 2.36. The van der Waals surface area contributed by atoms with Gasteiger partial charge in [-0.1, -0.05) is 30.3 Å². The van der Waals surface area contributed by atoms with Crippen molar-refractivity contribution in [1.82, 2.24) is 10.3 Å². The second-order valence-electron chi connectivity index (χ2n) is 6.98. The fraction of sp³-hybridized carbons (Fsp3) is 0.208. The van der Waals surface area contributed by atoms with Crippen LogP contribution in [0.2, 0.25) is 0 Å². The zero-order valence-corrected chi connectivity index (χ0v) is 15.5. The summed E-state index contributed by atoms with van der Waals surface area (Å²) in [7, 11) is 0. The summed E-state index contributed by atoms with van der Waals surface area (Å²) in [4.78, 5) is 5.10. The fourth-order valence-electron chi connectivity index (χ4n) is 4.16. The fourth-order valence-corrected chi connectivity index (χ4v) is 4.16. The molecule has 0 amide bonds. The highest BCUT2D eigenvalue weighted by atomic mass is 16.5. The molecule has 3 nitrogen and oxygen atoms in total. The van der Waals surface area contributed by atoms with Gasteiger partial charge in [-0.15, -0.1) is 0 Å². The van der Waals surface area contributed by atoms with E-state index in [0.717, 1.165) is 42.0 Å². The van der Waals surface area contributed by atoms with Crippen LogP contribution in [0.15, 0.2) is 60.7 Å². The molecule has 0 spiro atoms. The Kier molecular flexibility index (Phi) is 4.02. The minimum absolute atomic E-state index is 0.681. The average Bonchev–Trinajstić information content (AvgIpc) is 2.73. The van der Waals surface area contributed by atoms with Crippen LogP contribution < -0.4 is 10.1 Å². The molecular formula is C24H22N2O. The number of pyridine rings is 1. The monoisotopic (exact) mass is 354 g/mol. The Balaban J connectivity index is 1.77. The molecule has 3 aromatic carbocycles. The van der Waals surface area contributed by atoms with E-state index in [1.165, 1.54) is 27.3 Å². The van der Waals surface area contributed by atoms with E-state index in [-0.39, 0.29) is 0 Å². The molecule has 1 aliphatic heterocycles. The van der Waals surface area contributed by atoms with E-state index < -0.39 is 0 Å². The zero-order valence-electron chi connectivity index (χ0n) is 15.5. The lowest BCUT2D eigenvalue weighted by Gasteiger charge is -2.23. The lowest BCUT2D eigenvalue weighted by Crippen LogP contribution is -2.25. The topological polar surface area (TPSA) is 34.1 Å². The van der Waals surface area contributed by atoms with Crippen molar-refractivity contribution < 1.29 is 4.74 Å². The van der Waals surface area contributed by atoms with Crippen LogP contribution in [-0.4, -0.2) is 18.1 Å². The molecule has 0 radical (unpaired) electrons. The van der Waals surface area contributed by atoms with Crippen LogP contribution in [0.1, 0.15) is 18.1 Å². The third-order valence-corrected chi connectivity index (χ3v) is 5.38. The summed E-state index contributed by atoms with van der Waals surface area (Å²) in [6.07, 6.45) is 1.03. The number of benzene rings is 3. The molecule has 5 rings (SSSR count). The number of aromatic nitrogens is 1. The highest BCUT2D eigenvalue weighted by Gasteiger charge is 2.20. The molecule has 1 aromatic heterocycles. The highest BCUT2D eigenvalue weighted by molar-refractivity contribution is 6.09. The van der Waals surface area contributed by atoms with Gasteiger partial charge < -0.3 is 10.1 Å². The molecule has 2 heterocycles. The summed E-state index contributed by atoms with van der Waals surface area (Å²) in [6.45, 7) is 4.56. The summed E-state index contributed by atoms with van der Waals surface area (Å²) in [5.74, 6) is 0.903. The van der Waals surface area contributed by atoms with Crippen molar-refractivity contribution in [3.8, 4) is 17.0 Å². The number of rotatable bonds is 3. The Morgan fingerprint density at radius 1 is 0.963 bits per heavy atom. The molecule has 134 valence electrons. The van der Waals surface area contributed by atoms with Crippen LogP contribution in [0.5, 0.6) is 5.75 Å². The van der Waals surface area contributed by atoms with Gasteiger partial charge in [-0.2, -0.15) is 0 Å². The van der Waals surface area contributed by atoms with Crippen molar-refractivity contribution in [3.63, 3.8) is 0 Å². The lowest BCUT2D eigenvalue weighted by atomic mass is 9.90. The second-order valence-corrected chi connectivity index (χ2v) is 6.98. The van der Waals surface area contributed by atoms with Crippen molar-refractivity contribution in [3.05, 3.63) is 71.8 Å². The van der Waals surface area contributed by atoms with E-state index in [4.69, 9.17) is 9.72 Å². The quantitative estimate of drug-likeness (QED) is 0.520. The Hall–Kier alpha value is -2.91. The van der Waals surface area contributed by atoms with Crippen LogP contribution in [0.25, 0.3) is 32.9 Å². The lowest BCUT2D eigenvalue weighted by molar-refractivity contribution is 0.340. The number of hydrogen-bond donors (Lipinski definition) is 1. The largest absolute Gasteiger partial charge is 0.494 e. The maximum atomic E-state index is 5.60. The molecule has 0 bridgehead atoms. The molecule has 0 fully saturated rings. The van der Waals surface area contributed by atoms with Crippen LogP contribution in [0.4, 0.5) is 0 Å². The standard InChI is InChI=1S/C24H22N2O/c1-2-27-18-10-7-17(8-11-18)24-21-15-25-14-13-20(21)23-19-6-4-3-5-16(19)9-12-22(23)26-24/h3-12,25H,2,13-15H2,1H3. The van der Waals surface area contributed by atoms with Gasteiger partial charge in [-0.25, -0.2) is 4.98 Å². The van der Waals surface area contributed by atoms with Gasteiger partial charge in [0.1, 0.15) is 5.75 Å². The van der Waals surface area contributed by atoms with E-state index in [9.17, 15) is 0 Å². The first-order valence-electron chi connectivity index (χ1n) is 9.62. The molecule has 0 saturated carbocycles. The van der Waals surface area contributed by atoms with Crippen molar-refractivity contribution in [2.45, 2.75) is 19.9 Å². The summed E-state index contributed by atoms with van der Waals surface area (Å²) in [5.41, 5.74) is 6.09. The number of ether oxygens (including phenoxy) is 1. The summed E-state index contributed by atoms with van der Waals surface area (Å²) < 4.78 is 5.60. The maximum Gasteiger partial charge on any atom is 0.119 e. The molecule has 0 atom stereocenters. The van der Waals surface area contributed by atoms with Gasteiger partial charge in [0.05, 0.1) is 17.8 Å². The molecule has 1 N–H and O–H groups in total. The van der Waals surface area contributed by atoms with Gasteiger partial charge in [0.25, 0.3) is 0 Å². The third kappa shape index (κ3) is 2.75. The molecule has 27 heavy (non-hydrogen) atoms. The van der Waals surface area contributed by atoms with E-state index in [1.54, 1.807) is 0 Å². The smallest absolute Gasteiger partial charge is 0.119 e. The summed E-state index contributed by atoms with van der Waals surface area (Å²) >= 11 is 0. The first kappa shape index (κ1) is 16.3. The molecule has 1 aliphatic rings. The van der Waals surface area contributed by atoms with Gasteiger partial charge in [0.15, 0.2) is 0 Å². The van der Waals surface area contributed by atoms with Gasteiger partial charge in [-0.05, 0) is 72.1 Å². The zero-order chi connectivity index (χ0) is 18.2. The summed E-state index contributed by atoms with van der Waals surface area (Å²) in [6, 6.07) is 21.3. The van der Waals surface area contributed by atoms with E-state index in [0.29, 0.717) is 6.61 Å². The molecule has 0 unspecified atom stereocenters. The van der Waals surface area contributed by atoms with Crippen LogP contribution >= 0.6 is 0 Å². The number of hydrogen-bond acceptors (Lipinski definition) is 3. The molecular weight excluding hydrogens is 332 g/mol. The minimum Gasteiger partial charge on any atom is -0.494 e. The van der Waals surface area contributed by atoms with Gasteiger partial charge in [-0.3, -0.25) is 0 Å². The first-order valence-corrected chi connectivity index (χ1v) is 9.62. The van der Waals surface area contributed by atoms with Crippen LogP contribution in [0.3, 0.4) is 0 Å². The van der Waals surface area contributed by atoms with E-state index in [1.807, 2.05) is 19.1 Å². The Bertz CT molecular complexity index is 1130. The second kappa shape index (κ2) is 6.67. The Labute approximate surface area is 159 Å². The maximum absolute atomic E-state index is 5.60. The van der Waals surface area contributed by atoms with Crippen molar-refractivity contribution in [2.75, 3.05) is 13.2 Å². The van der Waals surface area contributed by atoms with Gasteiger partial charge in [0, 0.05) is 17.5 Å². The van der Waals surface area contributed by atoms with Gasteiger partial charge in [0.2, 0.25) is 0 Å². The predicted octanol–water partition coefficient (Wildman–Crippen LogP) is 5.10. The third-order valence-electron chi connectivity index (χ3n) is 5.38. The van der Waals surface area contributed by atoms with Crippen molar-refractivity contribution in [2.24, 2.45) is 0 Å². The van der Waals surface area contributed by atoms with Crippen LogP contribution in [-0.2, 0) is 13.0 Å². The van der Waals surface area contributed by atoms with Crippen molar-refractivity contribution in [1.29, 1.82) is 0 Å². The van der Waals surface area contributed by atoms with E-state index >= 15 is 0 Å². The average molecular weight is 354 g/mol. The number of nitrogens with zero attached hydrogens (tertiary/aromatic N) is 1. The summed E-state index contributed by atoms with van der Waals surface area (Å²) in [5, 5.41) is 7.43. The Morgan fingerprint density at radius 2 is 1.81 bits per heavy atom. The van der Waals surface area contributed by atoms with Gasteiger partial charge >= 0.3 is 0 Å². The molecule has 3 heteroatoms. The first-order chi connectivity index (χ1) is 13.3. The normalized spacial score (nSPS) is 13.7. The number of nitrogens with one attached hydrogen (secondary N) is 1. The van der Waals surface area contributed by atoms with E-state index in [2.05, 4.69) is 53.8 Å². The minimum atomic E-state index is 0.681. The molecule has 0 aliphatic carbocycles. The SMILES string of the molecule is CCOc1ccc(-c2nc3ccc4ccccc4c3c3c2CNCC3)cc1. The number of fused-ring (bicyclic) bond motifs is 5. The van der Waals surface area contributed by atoms with Crippen molar-refractivity contribution >= 4 is 21.7 Å². The predicted molar refractivity (Wildman–Crippen MR) is 111 cm³/mol.